The van der Waals surface area contributed by atoms with Gasteiger partial charge in [0.2, 0.25) is 0 Å². The third kappa shape index (κ3) is 4.56. The van der Waals surface area contributed by atoms with Crippen molar-refractivity contribution in [2.75, 3.05) is 40.5 Å². The third-order valence-corrected chi connectivity index (χ3v) is 3.67. The molecule has 2 aromatic rings. The fraction of sp³-hybridized carbons (Fsp3) is 0.529. The van der Waals surface area contributed by atoms with Crippen molar-refractivity contribution in [3.8, 4) is 0 Å². The van der Waals surface area contributed by atoms with Gasteiger partial charge in [-0.1, -0.05) is 18.2 Å². The standard InChI is InChI=1S/C17H26N2O2/c1-20-12-5-11-19-14-15(8-9-18-10-13-21-2)16-6-3-4-7-17(16)19/h3-4,6-7,14,18H,5,8-13H2,1-2H3. The summed E-state index contributed by atoms with van der Waals surface area (Å²) in [6.45, 7) is 4.46. The molecule has 0 bridgehead atoms. The zero-order chi connectivity index (χ0) is 14.9. The molecule has 1 N–H and O–H groups in total. The number of ether oxygens (including phenoxy) is 2. The Bertz CT molecular complexity index is 537. The number of nitrogens with one attached hydrogen (secondary N) is 1. The van der Waals surface area contributed by atoms with Crippen LogP contribution < -0.4 is 5.32 Å². The lowest BCUT2D eigenvalue weighted by atomic mass is 10.1. The lowest BCUT2D eigenvalue weighted by Gasteiger charge is -2.04. The molecule has 0 aliphatic carbocycles. The smallest absolute Gasteiger partial charge is 0.0587 e. The van der Waals surface area contributed by atoms with Crippen LogP contribution in [0.25, 0.3) is 10.9 Å². The van der Waals surface area contributed by atoms with Crippen LogP contribution in [-0.2, 0) is 22.4 Å². The summed E-state index contributed by atoms with van der Waals surface area (Å²) in [5, 5.41) is 4.77. The highest BCUT2D eigenvalue weighted by molar-refractivity contribution is 5.84. The molecule has 2 rings (SSSR count). The minimum Gasteiger partial charge on any atom is -0.385 e. The molecule has 0 fully saturated rings. The molecule has 0 amide bonds. The maximum absolute atomic E-state index is 5.15. The second-order valence-corrected chi connectivity index (χ2v) is 5.20. The van der Waals surface area contributed by atoms with E-state index in [2.05, 4.69) is 40.3 Å². The van der Waals surface area contributed by atoms with Gasteiger partial charge < -0.3 is 19.4 Å². The lowest BCUT2D eigenvalue weighted by molar-refractivity contribution is 0.190. The van der Waals surface area contributed by atoms with Gasteiger partial charge in [-0.3, -0.25) is 0 Å². The van der Waals surface area contributed by atoms with E-state index in [1.807, 2.05) is 0 Å². The number of benzene rings is 1. The predicted molar refractivity (Wildman–Crippen MR) is 86.9 cm³/mol. The molecule has 4 nitrogen and oxygen atoms in total. The normalized spacial score (nSPS) is 11.3. The molecular weight excluding hydrogens is 264 g/mol. The van der Waals surface area contributed by atoms with Crippen molar-refractivity contribution in [2.45, 2.75) is 19.4 Å². The quantitative estimate of drug-likeness (QED) is 0.683. The maximum atomic E-state index is 5.15. The van der Waals surface area contributed by atoms with Crippen LogP contribution >= 0.6 is 0 Å². The molecule has 116 valence electrons. The van der Waals surface area contributed by atoms with Crippen LogP contribution in [-0.4, -0.2) is 45.1 Å². The van der Waals surface area contributed by atoms with E-state index < -0.39 is 0 Å². The molecule has 1 aromatic carbocycles. The summed E-state index contributed by atoms with van der Waals surface area (Å²) in [5.41, 5.74) is 2.73. The Hall–Kier alpha value is -1.36. The van der Waals surface area contributed by atoms with E-state index in [-0.39, 0.29) is 0 Å². The average Bonchev–Trinajstić information content (AvgIpc) is 2.86. The van der Waals surface area contributed by atoms with Crippen LogP contribution in [0, 0.1) is 0 Å². The zero-order valence-corrected chi connectivity index (χ0v) is 13.1. The van der Waals surface area contributed by atoms with E-state index in [0.717, 1.165) is 45.7 Å². The first-order chi connectivity index (χ1) is 10.4. The van der Waals surface area contributed by atoms with E-state index in [1.54, 1.807) is 14.2 Å². The molecule has 0 saturated carbocycles. The van der Waals surface area contributed by atoms with Crippen molar-refractivity contribution in [3.05, 3.63) is 36.0 Å². The molecule has 4 heteroatoms. The summed E-state index contributed by atoms with van der Waals surface area (Å²) in [4.78, 5) is 0. The first kappa shape index (κ1) is 16.0. The van der Waals surface area contributed by atoms with Crippen LogP contribution in [0.1, 0.15) is 12.0 Å². The summed E-state index contributed by atoms with van der Waals surface area (Å²) >= 11 is 0. The summed E-state index contributed by atoms with van der Waals surface area (Å²) in [6.07, 6.45) is 4.38. The Morgan fingerprint density at radius 2 is 1.86 bits per heavy atom. The predicted octanol–water partition coefficient (Wildman–Crippen LogP) is 2.46. The van der Waals surface area contributed by atoms with Crippen LogP contribution in [0.5, 0.6) is 0 Å². The zero-order valence-electron chi connectivity index (χ0n) is 13.1. The SMILES string of the molecule is COCCCn1cc(CCNCCOC)c2ccccc21. The van der Waals surface area contributed by atoms with Crippen molar-refractivity contribution < 1.29 is 9.47 Å². The molecule has 0 aliphatic rings. The Balaban J connectivity index is 2.01. The Morgan fingerprint density at radius 1 is 1.05 bits per heavy atom. The first-order valence-corrected chi connectivity index (χ1v) is 7.62. The molecule has 0 saturated heterocycles. The number of fused-ring (bicyclic) bond motifs is 1. The highest BCUT2D eigenvalue weighted by Crippen LogP contribution is 2.22. The van der Waals surface area contributed by atoms with Gasteiger partial charge in [-0.15, -0.1) is 0 Å². The minimum atomic E-state index is 0.763. The number of aryl methyl sites for hydroxylation is 1. The summed E-state index contributed by atoms with van der Waals surface area (Å²) in [5.74, 6) is 0. The highest BCUT2D eigenvalue weighted by Gasteiger charge is 2.07. The van der Waals surface area contributed by atoms with Gasteiger partial charge in [0, 0.05) is 51.0 Å². The van der Waals surface area contributed by atoms with Crippen molar-refractivity contribution >= 4 is 10.9 Å². The van der Waals surface area contributed by atoms with Gasteiger partial charge in [-0.25, -0.2) is 0 Å². The van der Waals surface area contributed by atoms with E-state index >= 15 is 0 Å². The Kier molecular flexibility index (Phi) is 6.73. The average molecular weight is 290 g/mol. The van der Waals surface area contributed by atoms with E-state index in [9.17, 15) is 0 Å². The number of hydrogen-bond donors (Lipinski definition) is 1. The van der Waals surface area contributed by atoms with E-state index in [0.29, 0.717) is 0 Å². The summed E-state index contributed by atoms with van der Waals surface area (Å²) in [7, 11) is 3.49. The molecule has 0 radical (unpaired) electrons. The van der Waals surface area contributed by atoms with Gasteiger partial charge in [0.05, 0.1) is 6.61 Å². The van der Waals surface area contributed by atoms with Gasteiger partial charge in [-0.05, 0) is 31.0 Å². The first-order valence-electron chi connectivity index (χ1n) is 7.62. The molecule has 21 heavy (non-hydrogen) atoms. The van der Waals surface area contributed by atoms with Crippen molar-refractivity contribution in [2.24, 2.45) is 0 Å². The number of nitrogens with zero attached hydrogens (tertiary/aromatic N) is 1. The molecule has 1 heterocycles. The topological polar surface area (TPSA) is 35.4 Å². The molecule has 0 spiro atoms. The number of rotatable bonds is 10. The number of methoxy groups -OCH3 is 2. The monoisotopic (exact) mass is 290 g/mol. The Morgan fingerprint density at radius 3 is 2.67 bits per heavy atom. The van der Waals surface area contributed by atoms with Gasteiger partial charge in [0.25, 0.3) is 0 Å². The van der Waals surface area contributed by atoms with Gasteiger partial charge >= 0.3 is 0 Å². The van der Waals surface area contributed by atoms with Gasteiger partial charge in [0.1, 0.15) is 0 Å². The second-order valence-electron chi connectivity index (χ2n) is 5.20. The third-order valence-electron chi connectivity index (χ3n) is 3.67. The largest absolute Gasteiger partial charge is 0.385 e. The number of hydrogen-bond acceptors (Lipinski definition) is 3. The van der Waals surface area contributed by atoms with E-state index in [1.165, 1.54) is 16.5 Å². The fourth-order valence-corrected chi connectivity index (χ4v) is 2.61. The fourth-order valence-electron chi connectivity index (χ4n) is 2.61. The number of para-hydroxylation sites is 1. The molecule has 0 unspecified atom stereocenters. The molecule has 0 aliphatic heterocycles. The highest BCUT2D eigenvalue weighted by atomic mass is 16.5. The summed E-state index contributed by atoms with van der Waals surface area (Å²) in [6, 6.07) is 8.63. The van der Waals surface area contributed by atoms with Crippen molar-refractivity contribution in [3.63, 3.8) is 0 Å². The lowest BCUT2D eigenvalue weighted by Crippen LogP contribution is -2.21. The van der Waals surface area contributed by atoms with Crippen LogP contribution in [0.2, 0.25) is 0 Å². The van der Waals surface area contributed by atoms with Crippen LogP contribution in [0.4, 0.5) is 0 Å². The van der Waals surface area contributed by atoms with Crippen molar-refractivity contribution in [1.29, 1.82) is 0 Å². The van der Waals surface area contributed by atoms with Crippen molar-refractivity contribution in [1.82, 2.24) is 9.88 Å². The Labute approximate surface area is 127 Å². The molecular formula is C17H26N2O2. The maximum Gasteiger partial charge on any atom is 0.0587 e. The van der Waals surface area contributed by atoms with Gasteiger partial charge in [0.15, 0.2) is 0 Å². The molecule has 0 atom stereocenters. The van der Waals surface area contributed by atoms with Crippen LogP contribution in [0.15, 0.2) is 30.5 Å². The van der Waals surface area contributed by atoms with Gasteiger partial charge in [-0.2, -0.15) is 0 Å². The molecule has 1 aromatic heterocycles. The summed E-state index contributed by atoms with van der Waals surface area (Å²) < 4.78 is 12.5. The van der Waals surface area contributed by atoms with Crippen LogP contribution in [0.3, 0.4) is 0 Å². The minimum absolute atomic E-state index is 0.763. The second kappa shape index (κ2) is 8.82. The number of aromatic nitrogens is 1. The van der Waals surface area contributed by atoms with E-state index in [4.69, 9.17) is 9.47 Å².